The van der Waals surface area contributed by atoms with Crippen molar-refractivity contribution in [3.05, 3.63) is 59.2 Å². The number of anilines is 1. The lowest BCUT2D eigenvalue weighted by molar-refractivity contribution is -0.116. The van der Waals surface area contributed by atoms with Crippen LogP contribution < -0.4 is 10.1 Å². The molecule has 0 spiro atoms. The molecular weight excluding hydrogens is 362 g/mol. The SMILES string of the molecule is COCc1cc(NC(=O)CCCOc2cccc(C(C)=O)c2)cc(C(=O)O)c1. The number of carboxylic acids is 1. The van der Waals surface area contributed by atoms with Crippen molar-refractivity contribution in [2.75, 3.05) is 19.0 Å². The molecule has 28 heavy (non-hydrogen) atoms. The molecule has 148 valence electrons. The Kier molecular flexibility index (Phi) is 7.71. The molecule has 0 aliphatic carbocycles. The van der Waals surface area contributed by atoms with Crippen LogP contribution in [0.4, 0.5) is 5.69 Å². The Morgan fingerprint density at radius 1 is 1.07 bits per heavy atom. The zero-order valence-electron chi connectivity index (χ0n) is 15.9. The predicted octanol–water partition coefficient (Wildman–Crippen LogP) is 3.53. The molecule has 0 heterocycles. The molecule has 0 radical (unpaired) electrons. The Labute approximate surface area is 163 Å². The number of aromatic carboxylic acids is 1. The Balaban J connectivity index is 1.86. The second kappa shape index (κ2) is 10.2. The zero-order valence-corrected chi connectivity index (χ0v) is 15.9. The molecule has 0 aliphatic heterocycles. The second-order valence-corrected chi connectivity index (χ2v) is 6.24. The van der Waals surface area contributed by atoms with Gasteiger partial charge in [-0.05, 0) is 49.2 Å². The van der Waals surface area contributed by atoms with E-state index in [1.807, 2.05) is 0 Å². The molecule has 7 heteroatoms. The minimum absolute atomic E-state index is 0.0405. The summed E-state index contributed by atoms with van der Waals surface area (Å²) in [7, 11) is 1.51. The number of nitrogens with one attached hydrogen (secondary N) is 1. The van der Waals surface area contributed by atoms with Crippen LogP contribution in [0.1, 0.15) is 46.0 Å². The van der Waals surface area contributed by atoms with Crippen LogP contribution >= 0.6 is 0 Å². The Hall–Kier alpha value is -3.19. The van der Waals surface area contributed by atoms with E-state index in [0.29, 0.717) is 35.6 Å². The number of carbonyl (C=O) groups excluding carboxylic acids is 2. The highest BCUT2D eigenvalue weighted by molar-refractivity contribution is 5.95. The number of carbonyl (C=O) groups is 3. The van der Waals surface area contributed by atoms with Crippen LogP contribution in [0, 0.1) is 0 Å². The third kappa shape index (κ3) is 6.51. The van der Waals surface area contributed by atoms with E-state index in [2.05, 4.69) is 5.32 Å². The van der Waals surface area contributed by atoms with E-state index in [1.165, 1.54) is 26.2 Å². The van der Waals surface area contributed by atoms with Crippen LogP contribution in [-0.4, -0.2) is 36.5 Å². The van der Waals surface area contributed by atoms with Crippen molar-refractivity contribution in [3.63, 3.8) is 0 Å². The molecule has 7 nitrogen and oxygen atoms in total. The van der Waals surface area contributed by atoms with Gasteiger partial charge in [0.05, 0.1) is 18.8 Å². The van der Waals surface area contributed by atoms with Crippen LogP contribution in [-0.2, 0) is 16.1 Å². The third-order valence-electron chi connectivity index (χ3n) is 3.89. The largest absolute Gasteiger partial charge is 0.494 e. The van der Waals surface area contributed by atoms with Gasteiger partial charge in [0, 0.05) is 24.8 Å². The number of ether oxygens (including phenoxy) is 2. The smallest absolute Gasteiger partial charge is 0.335 e. The number of amides is 1. The fourth-order valence-corrected chi connectivity index (χ4v) is 2.59. The zero-order chi connectivity index (χ0) is 20.5. The first-order chi connectivity index (χ1) is 13.4. The molecule has 0 aromatic heterocycles. The number of rotatable bonds is 10. The van der Waals surface area contributed by atoms with Gasteiger partial charge in [0.25, 0.3) is 0 Å². The van der Waals surface area contributed by atoms with E-state index in [0.717, 1.165) is 0 Å². The van der Waals surface area contributed by atoms with Crippen LogP contribution in [0.5, 0.6) is 5.75 Å². The summed E-state index contributed by atoms with van der Waals surface area (Å²) in [6.45, 7) is 2.05. The second-order valence-electron chi connectivity index (χ2n) is 6.24. The van der Waals surface area contributed by atoms with Crippen LogP contribution in [0.3, 0.4) is 0 Å². The summed E-state index contributed by atoms with van der Waals surface area (Å²) in [5, 5.41) is 11.9. The number of Topliss-reactive ketones (excluding diaryl/α,β-unsaturated/α-hetero) is 1. The molecule has 0 saturated carbocycles. The standard InChI is InChI=1S/C21H23NO6/c1-14(23)16-5-3-6-19(12-16)28-8-4-7-20(24)22-18-10-15(13-27-2)9-17(11-18)21(25)26/h3,5-6,9-12H,4,7-8,13H2,1-2H3,(H,22,24)(H,25,26). The molecular formula is C21H23NO6. The van der Waals surface area contributed by atoms with Crippen molar-refractivity contribution in [2.24, 2.45) is 0 Å². The van der Waals surface area contributed by atoms with E-state index in [9.17, 15) is 19.5 Å². The van der Waals surface area contributed by atoms with Gasteiger partial charge in [0.2, 0.25) is 5.91 Å². The molecule has 2 rings (SSSR count). The number of hydrogen-bond acceptors (Lipinski definition) is 5. The van der Waals surface area contributed by atoms with Crippen LogP contribution in [0.2, 0.25) is 0 Å². The van der Waals surface area contributed by atoms with E-state index in [4.69, 9.17) is 9.47 Å². The minimum atomic E-state index is -1.07. The third-order valence-corrected chi connectivity index (χ3v) is 3.89. The van der Waals surface area contributed by atoms with Crippen molar-refractivity contribution < 1.29 is 29.0 Å². The monoisotopic (exact) mass is 385 g/mol. The van der Waals surface area contributed by atoms with Gasteiger partial charge in [-0.15, -0.1) is 0 Å². The number of hydrogen-bond donors (Lipinski definition) is 2. The number of carboxylic acid groups (broad SMARTS) is 1. The molecule has 0 atom stereocenters. The van der Waals surface area contributed by atoms with Gasteiger partial charge in [-0.25, -0.2) is 4.79 Å². The van der Waals surface area contributed by atoms with Crippen molar-refractivity contribution in [1.82, 2.24) is 0 Å². The summed E-state index contributed by atoms with van der Waals surface area (Å²) in [6, 6.07) is 11.5. The van der Waals surface area contributed by atoms with Gasteiger partial charge in [-0.2, -0.15) is 0 Å². The predicted molar refractivity (Wildman–Crippen MR) is 104 cm³/mol. The Morgan fingerprint density at radius 2 is 1.86 bits per heavy atom. The highest BCUT2D eigenvalue weighted by Crippen LogP contribution is 2.17. The van der Waals surface area contributed by atoms with Crippen molar-refractivity contribution >= 4 is 23.3 Å². The first-order valence-electron chi connectivity index (χ1n) is 8.79. The van der Waals surface area contributed by atoms with Gasteiger partial charge < -0.3 is 19.9 Å². The summed E-state index contributed by atoms with van der Waals surface area (Å²) in [6.07, 6.45) is 0.684. The maximum absolute atomic E-state index is 12.1. The molecule has 0 unspecified atom stereocenters. The molecule has 0 aliphatic rings. The highest BCUT2D eigenvalue weighted by Gasteiger charge is 2.10. The van der Waals surface area contributed by atoms with E-state index in [1.54, 1.807) is 30.3 Å². The Morgan fingerprint density at radius 3 is 2.54 bits per heavy atom. The van der Waals surface area contributed by atoms with Gasteiger partial charge in [0.15, 0.2) is 5.78 Å². The van der Waals surface area contributed by atoms with Crippen LogP contribution in [0.25, 0.3) is 0 Å². The molecule has 2 aromatic rings. The van der Waals surface area contributed by atoms with Crippen molar-refractivity contribution in [1.29, 1.82) is 0 Å². The Bertz CT molecular complexity index is 862. The lowest BCUT2D eigenvalue weighted by Gasteiger charge is -2.10. The van der Waals surface area contributed by atoms with E-state index in [-0.39, 0.29) is 30.3 Å². The molecule has 2 aromatic carbocycles. The maximum Gasteiger partial charge on any atom is 0.335 e. The minimum Gasteiger partial charge on any atom is -0.494 e. The highest BCUT2D eigenvalue weighted by atomic mass is 16.5. The first-order valence-corrected chi connectivity index (χ1v) is 8.79. The summed E-state index contributed by atoms with van der Waals surface area (Å²) in [5.74, 6) is -0.783. The fourth-order valence-electron chi connectivity index (χ4n) is 2.59. The van der Waals surface area contributed by atoms with Crippen molar-refractivity contribution in [3.8, 4) is 5.75 Å². The number of benzene rings is 2. The molecule has 0 fully saturated rings. The maximum atomic E-state index is 12.1. The topological polar surface area (TPSA) is 102 Å². The summed E-state index contributed by atoms with van der Waals surface area (Å²) in [5.41, 5.74) is 1.72. The van der Waals surface area contributed by atoms with Gasteiger partial charge in [0.1, 0.15) is 5.75 Å². The summed E-state index contributed by atoms with van der Waals surface area (Å²) < 4.78 is 10.6. The average Bonchev–Trinajstić information content (AvgIpc) is 2.65. The first kappa shape index (κ1) is 21.1. The molecule has 0 bridgehead atoms. The molecule has 2 N–H and O–H groups in total. The summed E-state index contributed by atoms with van der Waals surface area (Å²) >= 11 is 0. The lowest BCUT2D eigenvalue weighted by atomic mass is 10.1. The summed E-state index contributed by atoms with van der Waals surface area (Å²) in [4.78, 5) is 34.7. The van der Waals surface area contributed by atoms with Gasteiger partial charge in [-0.3, -0.25) is 9.59 Å². The van der Waals surface area contributed by atoms with Crippen LogP contribution in [0.15, 0.2) is 42.5 Å². The molecule has 1 amide bonds. The van der Waals surface area contributed by atoms with E-state index < -0.39 is 5.97 Å². The van der Waals surface area contributed by atoms with Gasteiger partial charge in [-0.1, -0.05) is 12.1 Å². The van der Waals surface area contributed by atoms with E-state index >= 15 is 0 Å². The number of methoxy groups -OCH3 is 1. The molecule has 0 saturated heterocycles. The fraction of sp³-hybridized carbons (Fsp3) is 0.286. The van der Waals surface area contributed by atoms with Crippen molar-refractivity contribution in [2.45, 2.75) is 26.4 Å². The lowest BCUT2D eigenvalue weighted by Crippen LogP contribution is -2.14. The van der Waals surface area contributed by atoms with Gasteiger partial charge >= 0.3 is 5.97 Å². The average molecular weight is 385 g/mol. The number of ketones is 1. The normalized spacial score (nSPS) is 10.4. The quantitative estimate of drug-likeness (QED) is 0.479.